The Hall–Kier alpha value is -3.49. The molecule has 0 spiro atoms. The quantitative estimate of drug-likeness (QED) is 0.286. The van der Waals surface area contributed by atoms with E-state index in [-0.39, 0.29) is 18.1 Å². The van der Waals surface area contributed by atoms with Gasteiger partial charge in [0.25, 0.3) is 5.91 Å². The van der Waals surface area contributed by atoms with Crippen LogP contribution in [0.2, 0.25) is 0 Å². The second-order valence-electron chi connectivity index (χ2n) is 10.7. The van der Waals surface area contributed by atoms with Crippen molar-refractivity contribution in [3.05, 3.63) is 94.6 Å². The number of aliphatic carboxylic acids is 1. The van der Waals surface area contributed by atoms with E-state index in [4.69, 9.17) is 5.11 Å². The monoisotopic (exact) mass is 561 g/mol. The van der Waals surface area contributed by atoms with Crippen LogP contribution in [0.1, 0.15) is 47.5 Å². The molecule has 6 rings (SSSR count). The van der Waals surface area contributed by atoms with Gasteiger partial charge in [-0.05, 0) is 84.8 Å². The Kier molecular flexibility index (Phi) is 9.29. The van der Waals surface area contributed by atoms with E-state index in [0.29, 0.717) is 23.9 Å². The number of hydrogen-bond acceptors (Lipinski definition) is 4. The molecule has 40 heavy (non-hydrogen) atoms. The van der Waals surface area contributed by atoms with Crippen molar-refractivity contribution in [3.8, 4) is 0 Å². The number of para-hydroxylation sites is 1. The number of carbonyl (C=O) groups excluding carboxylic acids is 1. The van der Waals surface area contributed by atoms with Crippen LogP contribution in [0.25, 0.3) is 10.9 Å². The standard InChI is InChI=1S/C28H32FN3O3.C4H4S/c29-24-6-4-21(5-7-24)22-9-13-30(14-10-22)18-20-8-15-32(19-20)28(35)25-3-1-2-23-11-16-31(27(23)25)17-12-26(33)34;1-2-4-5-3-1/h1-7,11,16,20,22H,8-10,12-15,17-19H2,(H,33,34);1-4H/t20-;/m1./s1. The van der Waals surface area contributed by atoms with Gasteiger partial charge in [-0.2, -0.15) is 11.3 Å². The lowest BCUT2D eigenvalue weighted by Gasteiger charge is -2.33. The molecule has 6 nitrogen and oxygen atoms in total. The third kappa shape index (κ3) is 6.98. The second kappa shape index (κ2) is 13.2. The molecule has 4 aromatic rings. The minimum atomic E-state index is -0.847. The number of nitrogens with zero attached hydrogens (tertiary/aromatic N) is 3. The number of aromatic nitrogens is 1. The van der Waals surface area contributed by atoms with Crippen LogP contribution in [0.15, 0.2) is 77.6 Å². The van der Waals surface area contributed by atoms with Crippen molar-refractivity contribution >= 4 is 34.1 Å². The molecule has 2 fully saturated rings. The van der Waals surface area contributed by atoms with E-state index >= 15 is 0 Å². The van der Waals surface area contributed by atoms with Crippen molar-refractivity contribution in [1.29, 1.82) is 0 Å². The van der Waals surface area contributed by atoms with E-state index in [1.54, 1.807) is 23.5 Å². The van der Waals surface area contributed by atoms with E-state index in [1.165, 1.54) is 5.56 Å². The van der Waals surface area contributed by atoms with E-state index < -0.39 is 5.97 Å². The van der Waals surface area contributed by atoms with Crippen molar-refractivity contribution < 1.29 is 19.1 Å². The van der Waals surface area contributed by atoms with Crippen LogP contribution < -0.4 is 0 Å². The Balaban J connectivity index is 0.000000582. The van der Waals surface area contributed by atoms with Crippen LogP contribution in [-0.2, 0) is 11.3 Å². The normalized spacial score (nSPS) is 18.0. The molecular weight excluding hydrogens is 525 g/mol. The maximum absolute atomic E-state index is 13.5. The number of piperidine rings is 1. The van der Waals surface area contributed by atoms with Gasteiger partial charge in [-0.25, -0.2) is 4.39 Å². The molecule has 2 aliphatic heterocycles. The first kappa shape index (κ1) is 28.1. The van der Waals surface area contributed by atoms with Gasteiger partial charge in [-0.15, -0.1) is 0 Å². The minimum Gasteiger partial charge on any atom is -0.481 e. The molecule has 0 radical (unpaired) electrons. The SMILES string of the molecule is O=C(O)CCn1ccc2cccc(C(=O)N3CC[C@H](CN4CCC(c5ccc(F)cc5)CC4)C3)c21.c1ccsc1. The van der Waals surface area contributed by atoms with Crippen molar-refractivity contribution in [2.24, 2.45) is 5.92 Å². The van der Waals surface area contributed by atoms with Gasteiger partial charge in [0.05, 0.1) is 17.5 Å². The summed E-state index contributed by atoms with van der Waals surface area (Å²) in [6.07, 6.45) is 5.05. The van der Waals surface area contributed by atoms with Gasteiger partial charge in [0.2, 0.25) is 0 Å². The lowest BCUT2D eigenvalue weighted by Crippen LogP contribution is -2.38. The molecule has 0 unspecified atom stereocenters. The molecule has 2 aromatic heterocycles. The summed E-state index contributed by atoms with van der Waals surface area (Å²) in [5.74, 6) is -0.0509. The highest BCUT2D eigenvalue weighted by molar-refractivity contribution is 7.07. The van der Waals surface area contributed by atoms with Crippen LogP contribution in [0.4, 0.5) is 4.39 Å². The maximum atomic E-state index is 13.5. The largest absolute Gasteiger partial charge is 0.481 e. The summed E-state index contributed by atoms with van der Waals surface area (Å²) in [5.41, 5.74) is 2.70. The zero-order valence-electron chi connectivity index (χ0n) is 22.6. The molecule has 8 heteroatoms. The Bertz CT molecular complexity index is 1380. The molecule has 210 valence electrons. The van der Waals surface area contributed by atoms with Gasteiger partial charge in [0.15, 0.2) is 0 Å². The molecule has 0 aliphatic carbocycles. The Morgan fingerprint density at radius 1 is 0.925 bits per heavy atom. The average molecular weight is 562 g/mol. The summed E-state index contributed by atoms with van der Waals surface area (Å²) in [6, 6.07) is 18.6. The number of hydrogen-bond donors (Lipinski definition) is 1. The Labute approximate surface area is 238 Å². The van der Waals surface area contributed by atoms with Gasteiger partial charge in [0, 0.05) is 37.8 Å². The van der Waals surface area contributed by atoms with Gasteiger partial charge in [0.1, 0.15) is 5.82 Å². The van der Waals surface area contributed by atoms with Crippen molar-refractivity contribution in [2.75, 3.05) is 32.7 Å². The molecule has 1 amide bonds. The number of rotatable bonds is 7. The highest BCUT2D eigenvalue weighted by Gasteiger charge is 2.31. The molecule has 0 saturated carbocycles. The number of halogens is 1. The number of carboxylic acids is 1. The first-order chi connectivity index (χ1) is 19.5. The minimum absolute atomic E-state index is 0.0238. The molecular formula is C32H36FN3O3S. The summed E-state index contributed by atoms with van der Waals surface area (Å²) in [6.45, 7) is 4.91. The number of fused-ring (bicyclic) bond motifs is 1. The average Bonchev–Trinajstić information content (AvgIpc) is 3.76. The topological polar surface area (TPSA) is 65.8 Å². The Morgan fingerprint density at radius 3 is 2.35 bits per heavy atom. The van der Waals surface area contributed by atoms with Crippen LogP contribution in [0.3, 0.4) is 0 Å². The predicted molar refractivity (Wildman–Crippen MR) is 157 cm³/mol. The number of carbonyl (C=O) groups is 2. The third-order valence-electron chi connectivity index (χ3n) is 8.03. The molecule has 2 aromatic carbocycles. The van der Waals surface area contributed by atoms with Crippen LogP contribution in [0.5, 0.6) is 0 Å². The number of thiophene rings is 1. The first-order valence-corrected chi connectivity index (χ1v) is 15.0. The van der Waals surface area contributed by atoms with Gasteiger partial charge in [-0.1, -0.05) is 36.4 Å². The van der Waals surface area contributed by atoms with Crippen LogP contribution in [0, 0.1) is 11.7 Å². The number of likely N-dealkylation sites (tertiary alicyclic amines) is 2. The Morgan fingerprint density at radius 2 is 1.68 bits per heavy atom. The zero-order valence-corrected chi connectivity index (χ0v) is 23.4. The molecule has 4 heterocycles. The second-order valence-corrected chi connectivity index (χ2v) is 11.5. The molecule has 0 bridgehead atoms. The fourth-order valence-corrected chi connectivity index (χ4v) is 6.40. The van der Waals surface area contributed by atoms with E-state index in [1.807, 2.05) is 75.0 Å². The van der Waals surface area contributed by atoms with Crippen molar-refractivity contribution in [2.45, 2.75) is 38.1 Å². The fraction of sp³-hybridized carbons (Fsp3) is 0.375. The molecule has 2 saturated heterocycles. The summed E-state index contributed by atoms with van der Waals surface area (Å²) in [4.78, 5) is 29.0. The fourth-order valence-electron chi connectivity index (χ4n) is 5.95. The summed E-state index contributed by atoms with van der Waals surface area (Å²) >= 11 is 1.71. The lowest BCUT2D eigenvalue weighted by molar-refractivity contribution is -0.137. The summed E-state index contributed by atoms with van der Waals surface area (Å²) in [5, 5.41) is 14.1. The molecule has 1 atom stereocenters. The number of benzene rings is 2. The number of carboxylic acid groups (broad SMARTS) is 1. The van der Waals surface area contributed by atoms with Crippen molar-refractivity contribution in [1.82, 2.24) is 14.4 Å². The van der Waals surface area contributed by atoms with Gasteiger partial charge < -0.3 is 19.5 Å². The maximum Gasteiger partial charge on any atom is 0.305 e. The van der Waals surface area contributed by atoms with E-state index in [9.17, 15) is 14.0 Å². The molecule has 2 aliphatic rings. The third-order valence-corrected chi connectivity index (χ3v) is 8.66. The highest BCUT2D eigenvalue weighted by Crippen LogP contribution is 2.30. The van der Waals surface area contributed by atoms with Gasteiger partial charge >= 0.3 is 5.97 Å². The zero-order chi connectivity index (χ0) is 27.9. The van der Waals surface area contributed by atoms with E-state index in [0.717, 1.165) is 62.9 Å². The lowest BCUT2D eigenvalue weighted by atomic mass is 9.89. The smallest absolute Gasteiger partial charge is 0.305 e. The van der Waals surface area contributed by atoms with Crippen LogP contribution in [-0.4, -0.2) is 64.1 Å². The summed E-state index contributed by atoms with van der Waals surface area (Å²) in [7, 11) is 0. The summed E-state index contributed by atoms with van der Waals surface area (Å²) < 4.78 is 15.1. The number of aryl methyl sites for hydroxylation is 1. The van der Waals surface area contributed by atoms with Crippen molar-refractivity contribution in [3.63, 3.8) is 0 Å². The highest BCUT2D eigenvalue weighted by atomic mass is 32.1. The first-order valence-electron chi connectivity index (χ1n) is 14.0. The van der Waals surface area contributed by atoms with E-state index in [2.05, 4.69) is 4.90 Å². The predicted octanol–water partition coefficient (Wildman–Crippen LogP) is 6.34. The van der Waals surface area contributed by atoms with Crippen LogP contribution >= 0.6 is 11.3 Å². The van der Waals surface area contributed by atoms with Gasteiger partial charge in [-0.3, -0.25) is 9.59 Å². The molecule has 1 N–H and O–H groups in total. The number of amides is 1.